The van der Waals surface area contributed by atoms with Gasteiger partial charge in [0, 0.05) is 19.0 Å². The first-order valence-electron chi connectivity index (χ1n) is 3.59. The lowest BCUT2D eigenvalue weighted by atomic mass is 10.1. The van der Waals surface area contributed by atoms with E-state index in [0.29, 0.717) is 12.6 Å². The molecule has 2 heterocycles. The number of hydrogen-bond donors (Lipinski definition) is 0. The highest BCUT2D eigenvalue weighted by molar-refractivity contribution is 5.02. The molecule has 2 aliphatic heterocycles. The summed E-state index contributed by atoms with van der Waals surface area (Å²) in [5.74, 6) is 0. The summed E-state index contributed by atoms with van der Waals surface area (Å²) in [4.78, 5) is 2.23. The maximum atomic E-state index is 12.5. The molecule has 51 valence electrons. The Labute approximate surface area is 54.8 Å². The molecule has 0 aliphatic carbocycles. The molecule has 0 amide bonds. The molecule has 0 aromatic carbocycles. The summed E-state index contributed by atoms with van der Waals surface area (Å²) >= 11 is 0. The van der Waals surface area contributed by atoms with Crippen LogP contribution in [0.15, 0.2) is 0 Å². The number of alkyl halides is 1. The Morgan fingerprint density at radius 1 is 1.56 bits per heavy atom. The molecule has 2 fully saturated rings. The van der Waals surface area contributed by atoms with Crippen molar-refractivity contribution in [2.75, 3.05) is 13.1 Å². The van der Waals surface area contributed by atoms with E-state index in [0.717, 1.165) is 6.54 Å². The van der Waals surface area contributed by atoms with Crippen LogP contribution >= 0.6 is 0 Å². The van der Waals surface area contributed by atoms with Gasteiger partial charge in [-0.1, -0.05) is 0 Å². The van der Waals surface area contributed by atoms with E-state index in [1.54, 1.807) is 0 Å². The molecule has 2 heteroatoms. The van der Waals surface area contributed by atoms with Gasteiger partial charge in [-0.15, -0.1) is 0 Å². The normalized spacial score (nSPS) is 43.7. The summed E-state index contributed by atoms with van der Waals surface area (Å²) in [6, 6.07) is 0.486. The number of rotatable bonds is 0. The fourth-order valence-corrected chi connectivity index (χ4v) is 1.82. The third-order valence-electron chi connectivity index (χ3n) is 2.25. The molecule has 0 aromatic rings. The molecule has 0 spiro atoms. The fourth-order valence-electron chi connectivity index (χ4n) is 1.82. The zero-order valence-corrected chi connectivity index (χ0v) is 5.39. The highest BCUT2D eigenvalue weighted by Crippen LogP contribution is 2.27. The van der Waals surface area contributed by atoms with Gasteiger partial charge in [-0.05, 0) is 19.4 Å². The second kappa shape index (κ2) is 1.94. The van der Waals surface area contributed by atoms with Gasteiger partial charge >= 0.3 is 0 Å². The average molecular weight is 128 g/mol. The van der Waals surface area contributed by atoms with Gasteiger partial charge in [0.1, 0.15) is 6.17 Å². The molecule has 9 heavy (non-hydrogen) atoms. The molecule has 2 atom stereocenters. The van der Waals surface area contributed by atoms with Gasteiger partial charge in [0.15, 0.2) is 0 Å². The Morgan fingerprint density at radius 3 is 3.22 bits per heavy atom. The van der Waals surface area contributed by atoms with E-state index in [9.17, 15) is 4.39 Å². The molecule has 0 aromatic heterocycles. The summed E-state index contributed by atoms with van der Waals surface area (Å²) in [6.45, 7) is 1.77. The second-order valence-corrected chi connectivity index (χ2v) is 2.91. The van der Waals surface area contributed by atoms with Gasteiger partial charge in [-0.3, -0.25) is 4.90 Å². The van der Waals surface area contributed by atoms with E-state index in [2.05, 4.69) is 4.90 Å². The van der Waals surface area contributed by atoms with Crippen LogP contribution in [0.5, 0.6) is 0 Å². The first kappa shape index (κ1) is 5.66. The summed E-state index contributed by atoms with van der Waals surface area (Å²) in [6.07, 6.45) is 3.64. The maximum absolute atomic E-state index is 12.5. The Kier molecular flexibility index (Phi) is 1.22. The van der Waals surface area contributed by atoms with Gasteiger partial charge in [-0.2, -0.15) is 0 Å². The summed E-state index contributed by atoms with van der Waals surface area (Å²) in [5.41, 5.74) is 0. The van der Waals surface area contributed by atoms with Gasteiger partial charge in [-0.25, -0.2) is 4.39 Å². The van der Waals surface area contributed by atoms with Crippen molar-refractivity contribution < 1.29 is 4.39 Å². The Balaban J connectivity index is 2.02. The minimum atomic E-state index is -0.643. The zero-order valence-electron chi connectivity index (χ0n) is 5.39. The fraction of sp³-hybridized carbons (Fsp3) is 0.857. The molecule has 2 aliphatic rings. The largest absolute Gasteiger partial charge is 0.297 e. The Hall–Kier alpha value is -0.110. The van der Waals surface area contributed by atoms with Crippen LogP contribution in [0, 0.1) is 6.42 Å². The number of nitrogens with zero attached hydrogens (tertiary/aromatic N) is 1. The quantitative estimate of drug-likeness (QED) is 0.470. The van der Waals surface area contributed by atoms with Crippen molar-refractivity contribution in [1.82, 2.24) is 4.90 Å². The maximum Gasteiger partial charge on any atom is 0.117 e. The molecule has 1 nitrogen and oxygen atoms in total. The third kappa shape index (κ3) is 0.855. The standard InChI is InChI=1S/C7H11FN/c8-6-4-7-2-1-3-9(7)5-6/h4,6-7H,1-3,5H2. The van der Waals surface area contributed by atoms with Gasteiger partial charge in [0.2, 0.25) is 0 Å². The molecule has 2 saturated heterocycles. The first-order chi connectivity index (χ1) is 4.36. The Morgan fingerprint density at radius 2 is 2.44 bits per heavy atom. The highest BCUT2D eigenvalue weighted by atomic mass is 19.1. The lowest BCUT2D eigenvalue weighted by Crippen LogP contribution is -2.22. The van der Waals surface area contributed by atoms with Crippen molar-refractivity contribution in [2.24, 2.45) is 0 Å². The third-order valence-corrected chi connectivity index (χ3v) is 2.25. The van der Waals surface area contributed by atoms with Crippen LogP contribution in [0.1, 0.15) is 12.8 Å². The minimum absolute atomic E-state index is 0.486. The topological polar surface area (TPSA) is 3.24 Å². The molecule has 0 N–H and O–H groups in total. The van der Waals surface area contributed by atoms with Gasteiger partial charge in [0.05, 0.1) is 0 Å². The molecule has 1 radical (unpaired) electrons. The summed E-state index contributed by atoms with van der Waals surface area (Å²) in [7, 11) is 0. The average Bonchev–Trinajstić information content (AvgIpc) is 2.22. The molecule has 2 unspecified atom stereocenters. The highest BCUT2D eigenvalue weighted by Gasteiger charge is 2.35. The van der Waals surface area contributed by atoms with E-state index in [4.69, 9.17) is 0 Å². The van der Waals surface area contributed by atoms with Crippen molar-refractivity contribution in [3.05, 3.63) is 6.42 Å². The molecule has 0 bridgehead atoms. The van der Waals surface area contributed by atoms with Crippen LogP contribution < -0.4 is 0 Å². The van der Waals surface area contributed by atoms with E-state index in [-0.39, 0.29) is 0 Å². The van der Waals surface area contributed by atoms with Crippen LogP contribution in [-0.2, 0) is 0 Å². The van der Waals surface area contributed by atoms with Crippen molar-refractivity contribution >= 4 is 0 Å². The first-order valence-corrected chi connectivity index (χ1v) is 3.59. The lowest BCUT2D eigenvalue weighted by Gasteiger charge is -2.11. The SMILES string of the molecule is FC1[CH]C2CCCN2C1. The predicted molar refractivity (Wildman–Crippen MR) is 33.8 cm³/mol. The van der Waals surface area contributed by atoms with Crippen molar-refractivity contribution in [3.8, 4) is 0 Å². The van der Waals surface area contributed by atoms with Crippen LogP contribution in [0.25, 0.3) is 0 Å². The van der Waals surface area contributed by atoms with Gasteiger partial charge in [0.25, 0.3) is 0 Å². The molecule has 2 rings (SSSR count). The predicted octanol–water partition coefficient (Wildman–Crippen LogP) is 1.01. The zero-order chi connectivity index (χ0) is 6.27. The molecular formula is C7H11FN. The van der Waals surface area contributed by atoms with Crippen LogP contribution in [-0.4, -0.2) is 30.2 Å². The lowest BCUT2D eigenvalue weighted by molar-refractivity contribution is 0.293. The van der Waals surface area contributed by atoms with Crippen molar-refractivity contribution in [3.63, 3.8) is 0 Å². The number of hydrogen-bond acceptors (Lipinski definition) is 1. The van der Waals surface area contributed by atoms with Gasteiger partial charge < -0.3 is 0 Å². The number of fused-ring (bicyclic) bond motifs is 1. The van der Waals surface area contributed by atoms with Crippen molar-refractivity contribution in [2.45, 2.75) is 25.1 Å². The number of halogens is 1. The molecular weight excluding hydrogens is 117 g/mol. The van der Waals surface area contributed by atoms with E-state index in [1.807, 2.05) is 6.42 Å². The van der Waals surface area contributed by atoms with Crippen LogP contribution in [0.2, 0.25) is 0 Å². The molecule has 0 saturated carbocycles. The van der Waals surface area contributed by atoms with Crippen molar-refractivity contribution in [1.29, 1.82) is 0 Å². The minimum Gasteiger partial charge on any atom is -0.297 e. The van der Waals surface area contributed by atoms with E-state index >= 15 is 0 Å². The summed E-state index contributed by atoms with van der Waals surface area (Å²) < 4.78 is 12.5. The van der Waals surface area contributed by atoms with E-state index < -0.39 is 6.17 Å². The van der Waals surface area contributed by atoms with Crippen LogP contribution in [0.3, 0.4) is 0 Å². The second-order valence-electron chi connectivity index (χ2n) is 2.91. The summed E-state index contributed by atoms with van der Waals surface area (Å²) in [5, 5.41) is 0. The Bertz CT molecular complexity index is 103. The van der Waals surface area contributed by atoms with Crippen LogP contribution in [0.4, 0.5) is 4.39 Å². The monoisotopic (exact) mass is 128 g/mol. The van der Waals surface area contributed by atoms with E-state index in [1.165, 1.54) is 12.8 Å². The smallest absolute Gasteiger partial charge is 0.117 e.